The standard InChI is InChI=1S/C13H19NO3/c1-13(2,3)17-12(15)10-16-9-6-11-4-7-14-8-5-11/h4-5,7-8H,6,9-10H2,1-3H3. The van der Waals surface area contributed by atoms with Crippen LogP contribution in [0.3, 0.4) is 0 Å². The smallest absolute Gasteiger partial charge is 0.332 e. The first-order chi connectivity index (χ1) is 7.97. The molecule has 1 rings (SSSR count). The van der Waals surface area contributed by atoms with Crippen molar-refractivity contribution in [2.75, 3.05) is 13.2 Å². The van der Waals surface area contributed by atoms with Crippen molar-refractivity contribution in [1.29, 1.82) is 0 Å². The molecule has 0 unspecified atom stereocenters. The first-order valence-electron chi connectivity index (χ1n) is 5.66. The molecule has 0 aliphatic carbocycles. The average Bonchev–Trinajstić information content (AvgIpc) is 2.23. The van der Waals surface area contributed by atoms with Crippen molar-refractivity contribution >= 4 is 5.97 Å². The van der Waals surface area contributed by atoms with Gasteiger partial charge >= 0.3 is 5.97 Å². The van der Waals surface area contributed by atoms with Gasteiger partial charge in [-0.15, -0.1) is 0 Å². The van der Waals surface area contributed by atoms with Crippen molar-refractivity contribution in [2.45, 2.75) is 32.8 Å². The highest BCUT2D eigenvalue weighted by molar-refractivity contribution is 5.71. The Hall–Kier alpha value is -1.42. The number of rotatable bonds is 5. The number of pyridine rings is 1. The lowest BCUT2D eigenvalue weighted by molar-refractivity contribution is -0.160. The van der Waals surface area contributed by atoms with Crippen molar-refractivity contribution in [2.24, 2.45) is 0 Å². The summed E-state index contributed by atoms with van der Waals surface area (Å²) < 4.78 is 10.4. The normalized spacial score (nSPS) is 11.2. The van der Waals surface area contributed by atoms with Crippen LogP contribution in [0.4, 0.5) is 0 Å². The molecule has 0 saturated carbocycles. The molecule has 94 valence electrons. The Morgan fingerprint density at radius 2 is 1.94 bits per heavy atom. The van der Waals surface area contributed by atoms with E-state index in [1.807, 2.05) is 32.9 Å². The van der Waals surface area contributed by atoms with Crippen LogP contribution in [-0.2, 0) is 20.7 Å². The van der Waals surface area contributed by atoms with Gasteiger partial charge in [-0.25, -0.2) is 4.79 Å². The Morgan fingerprint density at radius 3 is 2.53 bits per heavy atom. The zero-order valence-corrected chi connectivity index (χ0v) is 10.6. The van der Waals surface area contributed by atoms with Crippen LogP contribution in [-0.4, -0.2) is 29.8 Å². The Balaban J connectivity index is 2.14. The van der Waals surface area contributed by atoms with Crippen LogP contribution in [0.2, 0.25) is 0 Å². The van der Waals surface area contributed by atoms with Gasteiger partial charge in [0.05, 0.1) is 6.61 Å². The summed E-state index contributed by atoms with van der Waals surface area (Å²) in [5.41, 5.74) is 0.690. The number of aromatic nitrogens is 1. The lowest BCUT2D eigenvalue weighted by atomic mass is 10.2. The van der Waals surface area contributed by atoms with Gasteiger partial charge in [0.2, 0.25) is 0 Å². The molecule has 0 amide bonds. The fraction of sp³-hybridized carbons (Fsp3) is 0.538. The Labute approximate surface area is 102 Å². The Kier molecular flexibility index (Phi) is 5.10. The van der Waals surface area contributed by atoms with Crippen molar-refractivity contribution in [3.63, 3.8) is 0 Å². The molecule has 0 saturated heterocycles. The van der Waals surface area contributed by atoms with Gasteiger partial charge in [-0.05, 0) is 44.9 Å². The van der Waals surface area contributed by atoms with Gasteiger partial charge < -0.3 is 9.47 Å². The molecule has 17 heavy (non-hydrogen) atoms. The summed E-state index contributed by atoms with van der Waals surface area (Å²) in [7, 11) is 0. The van der Waals surface area contributed by atoms with E-state index in [0.29, 0.717) is 6.61 Å². The van der Waals surface area contributed by atoms with Crippen LogP contribution in [0.15, 0.2) is 24.5 Å². The molecule has 0 aromatic carbocycles. The quantitative estimate of drug-likeness (QED) is 0.580. The molecule has 0 N–H and O–H groups in total. The SMILES string of the molecule is CC(C)(C)OC(=O)COCCc1ccncc1. The monoisotopic (exact) mass is 237 g/mol. The maximum Gasteiger partial charge on any atom is 0.332 e. The predicted molar refractivity (Wildman–Crippen MR) is 64.6 cm³/mol. The van der Waals surface area contributed by atoms with E-state index in [1.165, 1.54) is 0 Å². The second-order valence-corrected chi connectivity index (χ2v) is 4.74. The summed E-state index contributed by atoms with van der Waals surface area (Å²) >= 11 is 0. The fourth-order valence-corrected chi connectivity index (χ4v) is 1.27. The maximum absolute atomic E-state index is 11.3. The molecule has 0 fully saturated rings. The van der Waals surface area contributed by atoms with E-state index in [0.717, 1.165) is 12.0 Å². The molecule has 0 spiro atoms. The van der Waals surface area contributed by atoms with Crippen molar-refractivity contribution in [3.05, 3.63) is 30.1 Å². The van der Waals surface area contributed by atoms with Gasteiger partial charge in [-0.2, -0.15) is 0 Å². The van der Waals surface area contributed by atoms with E-state index in [2.05, 4.69) is 4.98 Å². The summed E-state index contributed by atoms with van der Waals surface area (Å²) in [4.78, 5) is 15.2. The number of esters is 1. The third-order valence-electron chi connectivity index (χ3n) is 1.92. The van der Waals surface area contributed by atoms with Crippen molar-refractivity contribution < 1.29 is 14.3 Å². The van der Waals surface area contributed by atoms with Gasteiger partial charge in [0.15, 0.2) is 0 Å². The highest BCUT2D eigenvalue weighted by Gasteiger charge is 2.15. The first-order valence-corrected chi connectivity index (χ1v) is 5.66. The van der Waals surface area contributed by atoms with E-state index in [-0.39, 0.29) is 12.6 Å². The summed E-state index contributed by atoms with van der Waals surface area (Å²) in [6, 6.07) is 3.85. The summed E-state index contributed by atoms with van der Waals surface area (Å²) in [5, 5.41) is 0. The molecule has 1 heterocycles. The number of carbonyl (C=O) groups excluding carboxylic acids is 1. The van der Waals surface area contributed by atoms with Gasteiger partial charge in [0.1, 0.15) is 12.2 Å². The second-order valence-electron chi connectivity index (χ2n) is 4.74. The third kappa shape index (κ3) is 6.68. The first kappa shape index (κ1) is 13.6. The molecule has 0 aliphatic heterocycles. The third-order valence-corrected chi connectivity index (χ3v) is 1.92. The Bertz CT molecular complexity index is 343. The number of carbonyl (C=O) groups is 1. The van der Waals surface area contributed by atoms with Gasteiger partial charge in [0.25, 0.3) is 0 Å². The lowest BCUT2D eigenvalue weighted by Gasteiger charge is -2.19. The highest BCUT2D eigenvalue weighted by atomic mass is 16.6. The van der Waals surface area contributed by atoms with Gasteiger partial charge in [-0.1, -0.05) is 0 Å². The van der Waals surface area contributed by atoms with Crippen LogP contribution in [0.5, 0.6) is 0 Å². The number of hydrogen-bond acceptors (Lipinski definition) is 4. The topological polar surface area (TPSA) is 48.4 Å². The van der Waals surface area contributed by atoms with Crippen LogP contribution in [0, 0.1) is 0 Å². The highest BCUT2D eigenvalue weighted by Crippen LogP contribution is 2.06. The van der Waals surface area contributed by atoms with Crippen LogP contribution < -0.4 is 0 Å². The summed E-state index contributed by atoms with van der Waals surface area (Å²) in [6.07, 6.45) is 4.25. The van der Waals surface area contributed by atoms with E-state index >= 15 is 0 Å². The van der Waals surface area contributed by atoms with Crippen LogP contribution in [0.25, 0.3) is 0 Å². The molecular weight excluding hydrogens is 218 g/mol. The van der Waals surface area contributed by atoms with Gasteiger partial charge in [0, 0.05) is 12.4 Å². The fourth-order valence-electron chi connectivity index (χ4n) is 1.27. The predicted octanol–water partition coefficient (Wildman–Crippen LogP) is 1.98. The molecular formula is C13H19NO3. The second kappa shape index (κ2) is 6.35. The lowest BCUT2D eigenvalue weighted by Crippen LogP contribution is -2.26. The zero-order chi connectivity index (χ0) is 12.7. The number of ether oxygens (including phenoxy) is 2. The number of nitrogens with zero attached hydrogens (tertiary/aromatic N) is 1. The maximum atomic E-state index is 11.3. The van der Waals surface area contributed by atoms with E-state index in [9.17, 15) is 4.79 Å². The van der Waals surface area contributed by atoms with E-state index in [4.69, 9.17) is 9.47 Å². The minimum atomic E-state index is -0.453. The minimum absolute atomic E-state index is 0.00233. The summed E-state index contributed by atoms with van der Waals surface area (Å²) in [5.74, 6) is -0.327. The molecule has 1 aromatic heterocycles. The molecule has 0 radical (unpaired) electrons. The molecule has 4 heteroatoms. The Morgan fingerprint density at radius 1 is 1.29 bits per heavy atom. The van der Waals surface area contributed by atoms with Crippen molar-refractivity contribution in [3.8, 4) is 0 Å². The molecule has 1 aromatic rings. The van der Waals surface area contributed by atoms with Crippen molar-refractivity contribution in [1.82, 2.24) is 4.98 Å². The molecule has 0 bridgehead atoms. The molecule has 4 nitrogen and oxygen atoms in total. The largest absolute Gasteiger partial charge is 0.458 e. The van der Waals surface area contributed by atoms with E-state index in [1.54, 1.807) is 12.4 Å². The van der Waals surface area contributed by atoms with Crippen LogP contribution >= 0.6 is 0 Å². The summed E-state index contributed by atoms with van der Waals surface area (Å²) in [6.45, 7) is 6.01. The van der Waals surface area contributed by atoms with Crippen LogP contribution in [0.1, 0.15) is 26.3 Å². The minimum Gasteiger partial charge on any atom is -0.458 e. The van der Waals surface area contributed by atoms with E-state index < -0.39 is 5.60 Å². The molecule has 0 aliphatic rings. The molecule has 0 atom stereocenters. The zero-order valence-electron chi connectivity index (χ0n) is 10.6. The average molecular weight is 237 g/mol. The number of hydrogen-bond donors (Lipinski definition) is 0. The van der Waals surface area contributed by atoms with Gasteiger partial charge in [-0.3, -0.25) is 4.98 Å².